The lowest BCUT2D eigenvalue weighted by atomic mass is 10.2. The van der Waals surface area contributed by atoms with Crippen LogP contribution in [0.3, 0.4) is 0 Å². The Hall–Kier alpha value is -3.02. The SMILES string of the molecule is CCn1c(CNc2ccc3nc[nH]c3c2)nc2cc(NC)ccc21. The summed E-state index contributed by atoms with van der Waals surface area (Å²) in [5, 5.41) is 6.62. The van der Waals surface area contributed by atoms with Crippen LogP contribution < -0.4 is 10.6 Å². The van der Waals surface area contributed by atoms with Crippen molar-refractivity contribution in [2.24, 2.45) is 0 Å². The first kappa shape index (κ1) is 14.6. The molecule has 0 atom stereocenters. The van der Waals surface area contributed by atoms with Crippen LogP contribution in [-0.2, 0) is 13.1 Å². The molecule has 24 heavy (non-hydrogen) atoms. The molecule has 0 bridgehead atoms. The minimum atomic E-state index is 0.678. The van der Waals surface area contributed by atoms with E-state index < -0.39 is 0 Å². The molecule has 6 heteroatoms. The highest BCUT2D eigenvalue weighted by Crippen LogP contribution is 2.22. The first-order valence-electron chi connectivity index (χ1n) is 8.12. The third-order valence-corrected chi connectivity index (χ3v) is 4.30. The van der Waals surface area contributed by atoms with Gasteiger partial charge in [-0.25, -0.2) is 9.97 Å². The molecule has 0 aliphatic carbocycles. The van der Waals surface area contributed by atoms with Gasteiger partial charge in [-0.3, -0.25) is 0 Å². The van der Waals surface area contributed by atoms with Crippen LogP contribution in [0.2, 0.25) is 0 Å². The summed E-state index contributed by atoms with van der Waals surface area (Å²) in [5.74, 6) is 1.03. The van der Waals surface area contributed by atoms with Crippen molar-refractivity contribution in [2.75, 3.05) is 17.7 Å². The number of fused-ring (bicyclic) bond motifs is 2. The van der Waals surface area contributed by atoms with Gasteiger partial charge in [0.15, 0.2) is 0 Å². The van der Waals surface area contributed by atoms with E-state index in [0.717, 1.165) is 45.8 Å². The number of benzene rings is 2. The fraction of sp³-hybridized carbons (Fsp3) is 0.222. The second-order valence-corrected chi connectivity index (χ2v) is 5.71. The highest BCUT2D eigenvalue weighted by Gasteiger charge is 2.10. The summed E-state index contributed by atoms with van der Waals surface area (Å²) >= 11 is 0. The van der Waals surface area contributed by atoms with Crippen molar-refractivity contribution in [2.45, 2.75) is 20.0 Å². The first-order valence-corrected chi connectivity index (χ1v) is 8.12. The molecule has 0 fully saturated rings. The average molecular weight is 320 g/mol. The molecular formula is C18H20N6. The number of anilines is 2. The van der Waals surface area contributed by atoms with Gasteiger partial charge in [0, 0.05) is 25.0 Å². The third kappa shape index (κ3) is 2.46. The van der Waals surface area contributed by atoms with Crippen LogP contribution in [0.5, 0.6) is 0 Å². The lowest BCUT2D eigenvalue weighted by Gasteiger charge is -2.09. The summed E-state index contributed by atoms with van der Waals surface area (Å²) in [4.78, 5) is 12.2. The van der Waals surface area contributed by atoms with Gasteiger partial charge in [0.2, 0.25) is 0 Å². The van der Waals surface area contributed by atoms with Gasteiger partial charge in [-0.2, -0.15) is 0 Å². The summed E-state index contributed by atoms with van der Waals surface area (Å²) in [7, 11) is 1.92. The molecule has 122 valence electrons. The summed E-state index contributed by atoms with van der Waals surface area (Å²) < 4.78 is 2.25. The molecule has 3 N–H and O–H groups in total. The smallest absolute Gasteiger partial charge is 0.129 e. The minimum Gasteiger partial charge on any atom is -0.388 e. The van der Waals surface area contributed by atoms with Crippen molar-refractivity contribution in [3.8, 4) is 0 Å². The van der Waals surface area contributed by atoms with Crippen molar-refractivity contribution in [3.05, 3.63) is 48.5 Å². The summed E-state index contributed by atoms with van der Waals surface area (Å²) in [5.41, 5.74) is 6.32. The Morgan fingerprint density at radius 3 is 2.79 bits per heavy atom. The predicted molar refractivity (Wildman–Crippen MR) is 98.4 cm³/mol. The molecule has 0 amide bonds. The maximum absolute atomic E-state index is 4.80. The van der Waals surface area contributed by atoms with Crippen molar-refractivity contribution < 1.29 is 0 Å². The maximum Gasteiger partial charge on any atom is 0.129 e. The minimum absolute atomic E-state index is 0.678. The molecule has 4 aromatic rings. The second kappa shape index (κ2) is 5.88. The van der Waals surface area contributed by atoms with E-state index in [1.54, 1.807) is 6.33 Å². The summed E-state index contributed by atoms with van der Waals surface area (Å²) in [6.45, 7) is 3.72. The van der Waals surface area contributed by atoms with E-state index in [1.807, 2.05) is 19.2 Å². The summed E-state index contributed by atoms with van der Waals surface area (Å²) in [6.07, 6.45) is 1.71. The number of nitrogens with zero attached hydrogens (tertiary/aromatic N) is 3. The number of aryl methyl sites for hydroxylation is 1. The molecule has 0 saturated heterocycles. The zero-order valence-electron chi connectivity index (χ0n) is 13.8. The standard InChI is InChI=1S/C18H20N6/c1-3-24-17-7-5-12(19-2)8-16(17)23-18(24)10-20-13-4-6-14-15(9-13)22-11-21-14/h4-9,11,19-20H,3,10H2,1-2H3,(H,21,22). The van der Waals surface area contributed by atoms with Gasteiger partial charge in [-0.1, -0.05) is 0 Å². The number of H-pyrrole nitrogens is 1. The third-order valence-electron chi connectivity index (χ3n) is 4.30. The normalized spacial score (nSPS) is 11.2. The zero-order valence-corrected chi connectivity index (χ0v) is 13.8. The molecule has 2 aromatic heterocycles. The van der Waals surface area contributed by atoms with E-state index in [2.05, 4.69) is 56.4 Å². The Balaban J connectivity index is 1.63. The number of aromatic nitrogens is 4. The van der Waals surface area contributed by atoms with Crippen LogP contribution in [0.1, 0.15) is 12.7 Å². The Kier molecular flexibility index (Phi) is 3.57. The molecule has 4 rings (SSSR count). The highest BCUT2D eigenvalue weighted by atomic mass is 15.1. The van der Waals surface area contributed by atoms with Gasteiger partial charge < -0.3 is 20.2 Å². The van der Waals surface area contributed by atoms with Crippen LogP contribution in [0.4, 0.5) is 11.4 Å². The number of nitrogens with one attached hydrogen (secondary N) is 3. The molecule has 0 spiro atoms. The van der Waals surface area contributed by atoms with Crippen LogP contribution in [0.15, 0.2) is 42.7 Å². The van der Waals surface area contributed by atoms with E-state index in [1.165, 1.54) is 0 Å². The molecule has 2 aromatic carbocycles. The van der Waals surface area contributed by atoms with Gasteiger partial charge >= 0.3 is 0 Å². The molecule has 0 radical (unpaired) electrons. The van der Waals surface area contributed by atoms with Crippen molar-refractivity contribution in [1.82, 2.24) is 19.5 Å². The number of hydrogen-bond acceptors (Lipinski definition) is 4. The van der Waals surface area contributed by atoms with Crippen molar-refractivity contribution in [3.63, 3.8) is 0 Å². The second-order valence-electron chi connectivity index (χ2n) is 5.71. The van der Waals surface area contributed by atoms with E-state index in [-0.39, 0.29) is 0 Å². The van der Waals surface area contributed by atoms with Gasteiger partial charge in [0.1, 0.15) is 5.82 Å². The molecule has 2 heterocycles. The van der Waals surface area contributed by atoms with E-state index in [4.69, 9.17) is 4.98 Å². The molecular weight excluding hydrogens is 300 g/mol. The van der Waals surface area contributed by atoms with Gasteiger partial charge in [0.05, 0.1) is 34.9 Å². The van der Waals surface area contributed by atoms with Crippen LogP contribution in [0, 0.1) is 0 Å². The van der Waals surface area contributed by atoms with Gasteiger partial charge in [-0.05, 0) is 43.3 Å². The predicted octanol–water partition coefficient (Wildman–Crippen LogP) is 3.59. The molecule has 0 aliphatic heterocycles. The van der Waals surface area contributed by atoms with Crippen molar-refractivity contribution >= 4 is 33.4 Å². The van der Waals surface area contributed by atoms with Crippen LogP contribution >= 0.6 is 0 Å². The van der Waals surface area contributed by atoms with E-state index >= 15 is 0 Å². The van der Waals surface area contributed by atoms with Crippen LogP contribution in [-0.4, -0.2) is 26.6 Å². The topological polar surface area (TPSA) is 70.6 Å². The number of aromatic amines is 1. The zero-order chi connectivity index (χ0) is 16.5. The fourth-order valence-electron chi connectivity index (χ4n) is 3.05. The number of hydrogen-bond donors (Lipinski definition) is 3. The summed E-state index contributed by atoms with van der Waals surface area (Å²) in [6, 6.07) is 12.4. The van der Waals surface area contributed by atoms with Gasteiger partial charge in [-0.15, -0.1) is 0 Å². The molecule has 6 nitrogen and oxygen atoms in total. The largest absolute Gasteiger partial charge is 0.388 e. The average Bonchev–Trinajstić information content (AvgIpc) is 3.22. The maximum atomic E-state index is 4.80. The first-order chi connectivity index (χ1) is 11.8. The monoisotopic (exact) mass is 320 g/mol. The Bertz CT molecular complexity index is 997. The fourth-order valence-corrected chi connectivity index (χ4v) is 3.05. The Labute approximate surface area is 139 Å². The van der Waals surface area contributed by atoms with E-state index in [9.17, 15) is 0 Å². The quantitative estimate of drug-likeness (QED) is 0.525. The Morgan fingerprint density at radius 2 is 1.96 bits per heavy atom. The van der Waals surface area contributed by atoms with Gasteiger partial charge in [0.25, 0.3) is 0 Å². The molecule has 0 unspecified atom stereocenters. The lowest BCUT2D eigenvalue weighted by molar-refractivity contribution is 0.729. The van der Waals surface area contributed by atoms with Crippen molar-refractivity contribution in [1.29, 1.82) is 0 Å². The number of rotatable bonds is 5. The molecule has 0 saturated carbocycles. The highest BCUT2D eigenvalue weighted by molar-refractivity contribution is 5.81. The van der Waals surface area contributed by atoms with E-state index in [0.29, 0.717) is 6.54 Å². The lowest BCUT2D eigenvalue weighted by Crippen LogP contribution is -2.07. The van der Waals surface area contributed by atoms with Crippen LogP contribution in [0.25, 0.3) is 22.1 Å². The molecule has 0 aliphatic rings. The number of imidazole rings is 2. The Morgan fingerprint density at radius 1 is 1.08 bits per heavy atom.